The van der Waals surface area contributed by atoms with E-state index in [1.807, 2.05) is 18.2 Å². The van der Waals surface area contributed by atoms with Crippen molar-refractivity contribution in [2.75, 3.05) is 5.43 Å². The lowest BCUT2D eigenvalue weighted by atomic mass is 10.1. The monoisotopic (exact) mass is 285 g/mol. The molecule has 0 saturated heterocycles. The average Bonchev–Trinajstić information content (AvgIpc) is 2.91. The van der Waals surface area contributed by atoms with Crippen molar-refractivity contribution in [2.45, 2.75) is 19.8 Å². The maximum Gasteiger partial charge on any atom is 0.158 e. The van der Waals surface area contributed by atoms with Crippen LogP contribution in [0, 0.1) is 5.82 Å². The molecule has 0 aliphatic heterocycles. The SMILES string of the molecule is CCCc1cc(NN)n2nc(-c3cccc(F)c3)cc2n1. The van der Waals surface area contributed by atoms with E-state index in [9.17, 15) is 4.39 Å². The van der Waals surface area contributed by atoms with Crippen molar-refractivity contribution in [1.29, 1.82) is 0 Å². The molecule has 3 aromatic rings. The highest BCUT2D eigenvalue weighted by Gasteiger charge is 2.10. The van der Waals surface area contributed by atoms with Crippen LogP contribution in [0.15, 0.2) is 36.4 Å². The summed E-state index contributed by atoms with van der Waals surface area (Å²) in [6.45, 7) is 2.09. The van der Waals surface area contributed by atoms with Gasteiger partial charge in [0.25, 0.3) is 0 Å². The molecular weight excluding hydrogens is 269 g/mol. The van der Waals surface area contributed by atoms with Crippen LogP contribution in [0.2, 0.25) is 0 Å². The Labute approximate surface area is 121 Å². The smallest absolute Gasteiger partial charge is 0.158 e. The van der Waals surface area contributed by atoms with Gasteiger partial charge in [-0.2, -0.15) is 9.61 Å². The van der Waals surface area contributed by atoms with E-state index in [1.165, 1.54) is 12.1 Å². The molecule has 5 nitrogen and oxygen atoms in total. The molecule has 1 aromatic carbocycles. The lowest BCUT2D eigenvalue weighted by Crippen LogP contribution is -2.13. The first-order valence-corrected chi connectivity index (χ1v) is 6.83. The van der Waals surface area contributed by atoms with Crippen LogP contribution in [0.3, 0.4) is 0 Å². The van der Waals surface area contributed by atoms with E-state index in [0.29, 0.717) is 22.7 Å². The number of nitrogen functional groups attached to an aromatic ring is 1. The lowest BCUT2D eigenvalue weighted by molar-refractivity contribution is 0.628. The summed E-state index contributed by atoms with van der Waals surface area (Å²) >= 11 is 0. The summed E-state index contributed by atoms with van der Waals surface area (Å²) in [6, 6.07) is 10.0. The predicted octanol–water partition coefficient (Wildman–Crippen LogP) is 2.77. The predicted molar refractivity (Wildman–Crippen MR) is 80.2 cm³/mol. The molecule has 0 bridgehead atoms. The molecule has 2 heterocycles. The molecule has 0 fully saturated rings. The Kier molecular flexibility index (Phi) is 3.53. The number of fused-ring (bicyclic) bond motifs is 1. The van der Waals surface area contributed by atoms with Crippen molar-refractivity contribution in [1.82, 2.24) is 14.6 Å². The number of nitrogens with one attached hydrogen (secondary N) is 1. The second-order valence-electron chi connectivity index (χ2n) is 4.84. The minimum absolute atomic E-state index is 0.290. The fraction of sp³-hybridized carbons (Fsp3) is 0.200. The number of aryl methyl sites for hydroxylation is 1. The molecule has 108 valence electrons. The van der Waals surface area contributed by atoms with Crippen LogP contribution < -0.4 is 11.3 Å². The van der Waals surface area contributed by atoms with Crippen molar-refractivity contribution in [3.63, 3.8) is 0 Å². The minimum Gasteiger partial charge on any atom is -0.308 e. The molecule has 0 amide bonds. The fourth-order valence-corrected chi connectivity index (χ4v) is 2.30. The minimum atomic E-state index is -0.290. The van der Waals surface area contributed by atoms with E-state index in [1.54, 1.807) is 10.6 Å². The number of aromatic nitrogens is 3. The number of hydrogen-bond donors (Lipinski definition) is 2. The van der Waals surface area contributed by atoms with Gasteiger partial charge in [0.15, 0.2) is 5.65 Å². The number of benzene rings is 1. The molecular formula is C15H16FN5. The van der Waals surface area contributed by atoms with Gasteiger partial charge >= 0.3 is 0 Å². The Hall–Kier alpha value is -2.47. The summed E-state index contributed by atoms with van der Waals surface area (Å²) in [5, 5.41) is 4.44. The van der Waals surface area contributed by atoms with E-state index in [0.717, 1.165) is 18.5 Å². The highest BCUT2D eigenvalue weighted by Crippen LogP contribution is 2.22. The summed E-state index contributed by atoms with van der Waals surface area (Å²) in [5.74, 6) is 5.92. The van der Waals surface area contributed by atoms with Gasteiger partial charge < -0.3 is 5.43 Å². The van der Waals surface area contributed by atoms with Crippen LogP contribution in [0.25, 0.3) is 16.9 Å². The summed E-state index contributed by atoms with van der Waals surface area (Å²) in [6.07, 6.45) is 1.86. The zero-order valence-electron chi connectivity index (χ0n) is 11.7. The molecule has 0 spiro atoms. The molecule has 3 rings (SSSR count). The van der Waals surface area contributed by atoms with Crippen LogP contribution in [0.5, 0.6) is 0 Å². The Bertz CT molecular complexity index is 781. The number of halogens is 1. The third-order valence-corrected chi connectivity index (χ3v) is 3.25. The summed E-state index contributed by atoms with van der Waals surface area (Å²) < 4.78 is 15.0. The highest BCUT2D eigenvalue weighted by atomic mass is 19.1. The van der Waals surface area contributed by atoms with E-state index < -0.39 is 0 Å². The molecule has 0 aliphatic carbocycles. The fourth-order valence-electron chi connectivity index (χ4n) is 2.30. The number of hydrazine groups is 1. The molecule has 3 N–H and O–H groups in total. The molecule has 0 radical (unpaired) electrons. The molecule has 21 heavy (non-hydrogen) atoms. The molecule has 6 heteroatoms. The van der Waals surface area contributed by atoms with Crippen LogP contribution in [0.4, 0.5) is 10.2 Å². The standard InChI is InChI=1S/C15H16FN5/c1-2-4-12-8-15(19-17)21-14(18-12)9-13(20-21)10-5-3-6-11(16)7-10/h3,5-9,19H,2,4,17H2,1H3. The topological polar surface area (TPSA) is 68.2 Å². The Morgan fingerprint density at radius 1 is 1.29 bits per heavy atom. The Balaban J connectivity index is 2.14. The maximum atomic E-state index is 13.3. The van der Waals surface area contributed by atoms with Gasteiger partial charge in [0.2, 0.25) is 0 Å². The van der Waals surface area contributed by atoms with Crippen LogP contribution >= 0.6 is 0 Å². The first kappa shape index (κ1) is 13.5. The van der Waals surface area contributed by atoms with Gasteiger partial charge in [-0.05, 0) is 18.6 Å². The van der Waals surface area contributed by atoms with Crippen molar-refractivity contribution >= 4 is 11.5 Å². The van der Waals surface area contributed by atoms with Crippen molar-refractivity contribution in [3.8, 4) is 11.3 Å². The van der Waals surface area contributed by atoms with Gasteiger partial charge in [0, 0.05) is 23.4 Å². The molecule has 0 aliphatic rings. The summed E-state index contributed by atoms with van der Waals surface area (Å²) in [4.78, 5) is 4.55. The number of rotatable bonds is 4. The van der Waals surface area contributed by atoms with Gasteiger partial charge in [-0.25, -0.2) is 15.2 Å². The molecule has 0 atom stereocenters. The third-order valence-electron chi connectivity index (χ3n) is 3.25. The normalized spacial score (nSPS) is 11.0. The lowest BCUT2D eigenvalue weighted by Gasteiger charge is -2.05. The first-order valence-electron chi connectivity index (χ1n) is 6.83. The van der Waals surface area contributed by atoms with Crippen LogP contribution in [0.1, 0.15) is 19.0 Å². The van der Waals surface area contributed by atoms with E-state index in [4.69, 9.17) is 5.84 Å². The molecule has 2 aromatic heterocycles. The zero-order valence-corrected chi connectivity index (χ0v) is 11.7. The number of nitrogens with two attached hydrogens (primary N) is 1. The van der Waals surface area contributed by atoms with Gasteiger partial charge in [0.05, 0.1) is 5.69 Å². The quantitative estimate of drug-likeness (QED) is 0.571. The van der Waals surface area contributed by atoms with Crippen molar-refractivity contribution in [2.24, 2.45) is 5.84 Å². The Morgan fingerprint density at radius 3 is 2.86 bits per heavy atom. The van der Waals surface area contributed by atoms with E-state index in [2.05, 4.69) is 22.4 Å². The second kappa shape index (κ2) is 5.49. The van der Waals surface area contributed by atoms with Crippen molar-refractivity contribution < 1.29 is 4.39 Å². The van der Waals surface area contributed by atoms with Crippen LogP contribution in [-0.4, -0.2) is 14.6 Å². The van der Waals surface area contributed by atoms with E-state index in [-0.39, 0.29) is 5.82 Å². The van der Waals surface area contributed by atoms with Gasteiger partial charge in [-0.15, -0.1) is 0 Å². The van der Waals surface area contributed by atoms with Gasteiger partial charge in [0.1, 0.15) is 11.6 Å². The number of anilines is 1. The highest BCUT2D eigenvalue weighted by molar-refractivity contribution is 5.65. The zero-order chi connectivity index (χ0) is 14.8. The largest absolute Gasteiger partial charge is 0.308 e. The summed E-state index contributed by atoms with van der Waals surface area (Å²) in [5.41, 5.74) is 5.64. The summed E-state index contributed by atoms with van der Waals surface area (Å²) in [7, 11) is 0. The second-order valence-corrected chi connectivity index (χ2v) is 4.84. The van der Waals surface area contributed by atoms with Crippen LogP contribution in [-0.2, 0) is 6.42 Å². The van der Waals surface area contributed by atoms with E-state index >= 15 is 0 Å². The van der Waals surface area contributed by atoms with Gasteiger partial charge in [-0.1, -0.05) is 25.5 Å². The maximum absolute atomic E-state index is 13.3. The van der Waals surface area contributed by atoms with Crippen molar-refractivity contribution in [3.05, 3.63) is 47.9 Å². The third kappa shape index (κ3) is 2.57. The first-order chi connectivity index (χ1) is 10.2. The number of hydrogen-bond acceptors (Lipinski definition) is 4. The Morgan fingerprint density at radius 2 is 2.14 bits per heavy atom. The molecule has 0 unspecified atom stereocenters. The average molecular weight is 285 g/mol. The molecule has 0 saturated carbocycles. The number of nitrogens with zero attached hydrogens (tertiary/aromatic N) is 3. The van der Waals surface area contributed by atoms with Gasteiger partial charge in [-0.3, -0.25) is 0 Å².